The highest BCUT2D eigenvalue weighted by molar-refractivity contribution is 5.72. The topological polar surface area (TPSA) is 15.6 Å². The molecule has 0 radical (unpaired) electrons. The molecule has 0 aromatic heterocycles. The van der Waals surface area contributed by atoms with E-state index in [9.17, 15) is 30.7 Å². The normalized spacial score (nSPS) is 28.1. The predicted octanol–water partition coefficient (Wildman–Crippen LogP) is 6.34. The highest BCUT2D eigenvalue weighted by Gasteiger charge is 2.73. The third-order valence-electron chi connectivity index (χ3n) is 6.36. The van der Waals surface area contributed by atoms with E-state index >= 15 is 0 Å². The van der Waals surface area contributed by atoms with Crippen molar-refractivity contribution in [1.82, 2.24) is 4.90 Å². The van der Waals surface area contributed by atoms with Crippen molar-refractivity contribution in [3.63, 3.8) is 0 Å². The van der Waals surface area contributed by atoms with E-state index in [2.05, 4.69) is 9.89 Å². The molecule has 2 atom stereocenters. The first-order chi connectivity index (χ1) is 14.5. The van der Waals surface area contributed by atoms with Gasteiger partial charge < -0.3 is 4.90 Å². The van der Waals surface area contributed by atoms with Crippen LogP contribution in [0, 0.1) is 0 Å². The van der Waals surface area contributed by atoms with Crippen molar-refractivity contribution in [2.24, 2.45) is 4.99 Å². The van der Waals surface area contributed by atoms with Gasteiger partial charge in [-0.3, -0.25) is 0 Å². The summed E-state index contributed by atoms with van der Waals surface area (Å²) < 4.78 is 93.2. The molecule has 0 N–H and O–H groups in total. The Kier molecular flexibility index (Phi) is 5.42. The second-order valence-electron chi connectivity index (χ2n) is 8.11. The number of halogens is 7. The van der Waals surface area contributed by atoms with Gasteiger partial charge in [0.15, 0.2) is 0 Å². The molecule has 1 aromatic rings. The number of fused-ring (bicyclic) bond motifs is 3. The lowest BCUT2D eigenvalue weighted by Crippen LogP contribution is -2.50. The van der Waals surface area contributed by atoms with Crippen molar-refractivity contribution in [3.05, 3.63) is 58.9 Å². The highest BCUT2D eigenvalue weighted by Crippen LogP contribution is 2.54. The van der Waals surface area contributed by atoms with Crippen molar-refractivity contribution >= 4 is 6.21 Å². The molecule has 0 bridgehead atoms. The van der Waals surface area contributed by atoms with Crippen LogP contribution in [0.2, 0.25) is 0 Å². The summed E-state index contributed by atoms with van der Waals surface area (Å²) in [5.41, 5.74) is -5.74. The molecule has 0 spiro atoms. The number of alkyl halides is 7. The molecular formula is C22H21F7N2. The summed E-state index contributed by atoms with van der Waals surface area (Å²) in [6, 6.07) is 2.70. The number of allylic oxidation sites excluding steroid dienone is 3. The standard InChI is InChI=1S/C22H21F7N2/c23-20(21(24,25)26,22(27,28)29)15-7-8-16-14(13-15)6-9-18-17(16)10-12-31(18)19-5-3-1-2-4-11-30-19/h2,4-5,7-8,11,13,17-18H,1,3,6,9-10,12H2/b4-2-,19-5+,30-11-/t17-,18+/m0/s1. The number of rotatable bonds is 2. The zero-order valence-corrected chi connectivity index (χ0v) is 16.5. The summed E-state index contributed by atoms with van der Waals surface area (Å²) in [5.74, 6) is 0.800. The molecule has 4 rings (SSSR count). The molecule has 2 nitrogen and oxygen atoms in total. The monoisotopic (exact) mass is 446 g/mol. The Morgan fingerprint density at radius 1 is 0.935 bits per heavy atom. The minimum absolute atomic E-state index is 0.0410. The molecule has 1 fully saturated rings. The van der Waals surface area contributed by atoms with E-state index in [1.807, 2.05) is 18.2 Å². The van der Waals surface area contributed by atoms with Crippen LogP contribution in [0.25, 0.3) is 0 Å². The molecule has 1 saturated heterocycles. The number of likely N-dealkylation sites (tertiary alicyclic amines) is 1. The maximum absolute atomic E-state index is 14.5. The zero-order chi connectivity index (χ0) is 22.4. The largest absolute Gasteiger partial charge is 0.435 e. The summed E-state index contributed by atoms with van der Waals surface area (Å²) in [7, 11) is 0. The number of aliphatic imine (C=N–C) groups is 1. The smallest absolute Gasteiger partial charge is 0.353 e. The van der Waals surface area contributed by atoms with E-state index in [1.54, 1.807) is 6.21 Å². The molecular weight excluding hydrogens is 425 g/mol. The number of nitrogens with zero attached hydrogens (tertiary/aromatic N) is 2. The van der Waals surface area contributed by atoms with Crippen molar-refractivity contribution in [1.29, 1.82) is 0 Å². The average Bonchev–Trinajstić information content (AvgIpc) is 3.09. The fraction of sp³-hybridized carbons (Fsp3) is 0.500. The molecule has 2 aliphatic heterocycles. The van der Waals surface area contributed by atoms with E-state index in [0.29, 0.717) is 36.6 Å². The first kappa shape index (κ1) is 21.9. The van der Waals surface area contributed by atoms with Crippen LogP contribution in [0.3, 0.4) is 0 Å². The third-order valence-corrected chi connectivity index (χ3v) is 6.36. The number of benzene rings is 1. The summed E-state index contributed by atoms with van der Waals surface area (Å²) in [4.78, 5) is 6.66. The molecule has 168 valence electrons. The van der Waals surface area contributed by atoms with Gasteiger partial charge in [0.05, 0.1) is 0 Å². The van der Waals surface area contributed by atoms with E-state index in [-0.39, 0.29) is 18.4 Å². The fourth-order valence-corrected chi connectivity index (χ4v) is 4.88. The lowest BCUT2D eigenvalue weighted by atomic mass is 9.77. The Morgan fingerprint density at radius 3 is 2.39 bits per heavy atom. The van der Waals surface area contributed by atoms with Crippen LogP contribution >= 0.6 is 0 Å². The van der Waals surface area contributed by atoms with E-state index in [0.717, 1.165) is 24.7 Å². The molecule has 1 aromatic carbocycles. The number of hydrogen-bond acceptors (Lipinski definition) is 2. The summed E-state index contributed by atoms with van der Waals surface area (Å²) >= 11 is 0. The summed E-state index contributed by atoms with van der Waals surface area (Å²) in [5, 5.41) is 0. The Hall–Kier alpha value is -2.32. The lowest BCUT2D eigenvalue weighted by Gasteiger charge is -2.36. The molecule has 0 saturated carbocycles. The zero-order valence-electron chi connectivity index (χ0n) is 16.5. The van der Waals surface area contributed by atoms with Crippen LogP contribution in [0.5, 0.6) is 0 Å². The van der Waals surface area contributed by atoms with Gasteiger partial charge in [0.1, 0.15) is 5.82 Å². The maximum Gasteiger partial charge on any atom is 0.435 e. The van der Waals surface area contributed by atoms with E-state index < -0.39 is 23.6 Å². The Bertz CT molecular complexity index is 913. The molecule has 3 aliphatic rings. The number of aryl methyl sites for hydroxylation is 1. The second-order valence-corrected chi connectivity index (χ2v) is 8.11. The quantitative estimate of drug-likeness (QED) is 0.484. The van der Waals surface area contributed by atoms with Gasteiger partial charge in [-0.05, 0) is 55.4 Å². The molecule has 0 amide bonds. The third kappa shape index (κ3) is 3.65. The van der Waals surface area contributed by atoms with Crippen molar-refractivity contribution in [3.8, 4) is 0 Å². The Labute approximate surface area is 175 Å². The van der Waals surface area contributed by atoms with E-state index in [1.165, 1.54) is 6.07 Å². The van der Waals surface area contributed by atoms with Crippen LogP contribution in [-0.4, -0.2) is 36.1 Å². The van der Waals surface area contributed by atoms with Crippen LogP contribution in [0.4, 0.5) is 30.7 Å². The van der Waals surface area contributed by atoms with Crippen LogP contribution in [0.1, 0.15) is 48.3 Å². The van der Waals surface area contributed by atoms with Gasteiger partial charge in [-0.25, -0.2) is 9.38 Å². The summed E-state index contributed by atoms with van der Waals surface area (Å²) in [6.45, 7) is 0.696. The van der Waals surface area contributed by atoms with Gasteiger partial charge in [-0.15, -0.1) is 0 Å². The Balaban J connectivity index is 1.65. The predicted molar refractivity (Wildman–Crippen MR) is 102 cm³/mol. The Morgan fingerprint density at radius 2 is 1.68 bits per heavy atom. The lowest BCUT2D eigenvalue weighted by molar-refractivity contribution is -0.348. The SMILES string of the molecule is FC(F)(F)C(F)(c1ccc2c(c1)CC[C@@H]1[C@H]2CCN1C1=C/CC\C=C/C=N\1)C(F)(F)F. The van der Waals surface area contributed by atoms with Gasteiger partial charge in [-0.1, -0.05) is 24.3 Å². The molecule has 2 heterocycles. The van der Waals surface area contributed by atoms with Crippen LogP contribution in [0.15, 0.2) is 47.2 Å². The van der Waals surface area contributed by atoms with Crippen molar-refractivity contribution in [2.45, 2.75) is 62.1 Å². The van der Waals surface area contributed by atoms with Crippen molar-refractivity contribution < 1.29 is 30.7 Å². The highest BCUT2D eigenvalue weighted by atomic mass is 19.4. The fourth-order valence-electron chi connectivity index (χ4n) is 4.88. The second kappa shape index (κ2) is 7.67. The first-order valence-electron chi connectivity index (χ1n) is 10.2. The minimum atomic E-state index is -6.10. The van der Waals surface area contributed by atoms with Gasteiger partial charge in [0.2, 0.25) is 0 Å². The summed E-state index contributed by atoms with van der Waals surface area (Å²) in [6.07, 6.45) is -1.26. The van der Waals surface area contributed by atoms with E-state index in [4.69, 9.17) is 0 Å². The van der Waals surface area contributed by atoms with Crippen LogP contribution < -0.4 is 0 Å². The minimum Gasteiger partial charge on any atom is -0.353 e. The van der Waals surface area contributed by atoms with Crippen LogP contribution in [-0.2, 0) is 12.1 Å². The average molecular weight is 446 g/mol. The molecule has 0 unspecified atom stereocenters. The molecule has 1 aliphatic carbocycles. The number of hydrogen-bond donors (Lipinski definition) is 0. The maximum atomic E-state index is 14.5. The van der Waals surface area contributed by atoms with Gasteiger partial charge in [0.25, 0.3) is 0 Å². The van der Waals surface area contributed by atoms with Gasteiger partial charge in [-0.2, -0.15) is 26.3 Å². The first-order valence-corrected chi connectivity index (χ1v) is 10.2. The van der Waals surface area contributed by atoms with Gasteiger partial charge in [0, 0.05) is 30.3 Å². The van der Waals surface area contributed by atoms with Gasteiger partial charge >= 0.3 is 18.0 Å². The van der Waals surface area contributed by atoms with Crippen molar-refractivity contribution in [2.75, 3.05) is 6.54 Å². The molecule has 31 heavy (non-hydrogen) atoms. The molecule has 9 heteroatoms.